The Morgan fingerprint density at radius 2 is 1.73 bits per heavy atom. The van der Waals surface area contributed by atoms with Crippen LogP contribution >= 0.6 is 0 Å². The lowest BCUT2D eigenvalue weighted by atomic mass is 9.65. The van der Waals surface area contributed by atoms with E-state index in [9.17, 15) is 9.59 Å². The van der Waals surface area contributed by atoms with Crippen LogP contribution in [0.5, 0.6) is 11.5 Å². The number of rotatable bonds is 5. The quantitative estimate of drug-likeness (QED) is 0.650. The van der Waals surface area contributed by atoms with Gasteiger partial charge in [0.25, 0.3) is 5.91 Å². The van der Waals surface area contributed by atoms with Crippen LogP contribution in [0.2, 0.25) is 0 Å². The molecule has 0 unspecified atom stereocenters. The Kier molecular flexibility index (Phi) is 5.31. The molecule has 1 saturated carbocycles. The van der Waals surface area contributed by atoms with Crippen molar-refractivity contribution >= 4 is 11.9 Å². The van der Waals surface area contributed by atoms with Gasteiger partial charge in [-0.1, -0.05) is 45.0 Å². The molecule has 1 saturated heterocycles. The van der Waals surface area contributed by atoms with Gasteiger partial charge >= 0.3 is 5.97 Å². The van der Waals surface area contributed by atoms with E-state index in [0.717, 1.165) is 25.8 Å². The summed E-state index contributed by atoms with van der Waals surface area (Å²) in [4.78, 5) is 27.3. The van der Waals surface area contributed by atoms with Crippen molar-refractivity contribution in [2.24, 2.45) is 10.8 Å². The van der Waals surface area contributed by atoms with E-state index >= 15 is 0 Å². The third-order valence-corrected chi connectivity index (χ3v) is 6.11. The first-order valence-corrected chi connectivity index (χ1v) is 10.5. The zero-order valence-corrected chi connectivity index (χ0v) is 17.9. The molecule has 1 aliphatic heterocycles. The SMILES string of the molecule is CC1(C)C[C@H]2C[C@](C)(CN2C(=O)COC(=O)c2cccc(Oc3ccccc3)c2)C1. The Bertz CT molecular complexity index is 939. The maximum Gasteiger partial charge on any atom is 0.338 e. The van der Waals surface area contributed by atoms with E-state index in [2.05, 4.69) is 20.8 Å². The number of para-hydroxylation sites is 1. The zero-order chi connectivity index (χ0) is 21.4. The topological polar surface area (TPSA) is 55.8 Å². The molecule has 0 radical (unpaired) electrons. The number of benzene rings is 2. The molecule has 2 bridgehead atoms. The van der Waals surface area contributed by atoms with Crippen molar-refractivity contribution < 1.29 is 19.1 Å². The third kappa shape index (κ3) is 4.50. The minimum absolute atomic E-state index is 0.105. The second kappa shape index (κ2) is 7.78. The summed E-state index contributed by atoms with van der Waals surface area (Å²) in [6.07, 6.45) is 3.16. The molecule has 0 aromatic heterocycles. The lowest BCUT2D eigenvalue weighted by Gasteiger charge is -2.39. The molecule has 0 spiro atoms. The Hall–Kier alpha value is -2.82. The first kappa shape index (κ1) is 20.5. The zero-order valence-electron chi connectivity index (χ0n) is 17.9. The number of carbonyl (C=O) groups is 2. The molecule has 0 N–H and O–H groups in total. The average molecular weight is 408 g/mol. The lowest BCUT2D eigenvalue weighted by Crippen LogP contribution is -2.39. The molecule has 1 amide bonds. The average Bonchev–Trinajstić information content (AvgIpc) is 2.95. The van der Waals surface area contributed by atoms with Crippen molar-refractivity contribution in [2.45, 2.75) is 46.1 Å². The summed E-state index contributed by atoms with van der Waals surface area (Å²) >= 11 is 0. The number of hydrogen-bond acceptors (Lipinski definition) is 4. The number of amides is 1. The lowest BCUT2D eigenvalue weighted by molar-refractivity contribution is -0.135. The van der Waals surface area contributed by atoms with Gasteiger partial charge in [-0.15, -0.1) is 0 Å². The van der Waals surface area contributed by atoms with Crippen molar-refractivity contribution in [3.63, 3.8) is 0 Å². The summed E-state index contributed by atoms with van der Waals surface area (Å²) in [6.45, 7) is 7.33. The number of ether oxygens (including phenoxy) is 2. The first-order chi connectivity index (χ1) is 14.2. The molecular weight excluding hydrogens is 378 g/mol. The van der Waals surface area contributed by atoms with E-state index in [1.165, 1.54) is 0 Å². The normalized spacial score (nSPS) is 24.4. The first-order valence-electron chi connectivity index (χ1n) is 10.5. The molecule has 2 aromatic carbocycles. The molecule has 5 nitrogen and oxygen atoms in total. The van der Waals surface area contributed by atoms with E-state index in [-0.39, 0.29) is 29.4 Å². The van der Waals surface area contributed by atoms with Crippen LogP contribution < -0.4 is 4.74 Å². The second-order valence-electron chi connectivity index (χ2n) is 9.75. The standard InChI is InChI=1S/C25H29NO4/c1-24(2)13-19-14-25(3,16-24)17-26(19)22(27)15-29-23(28)18-8-7-11-21(12-18)30-20-9-5-4-6-10-20/h4-12,19H,13-17H2,1-3H3/t19-,25-/m0/s1. The summed E-state index contributed by atoms with van der Waals surface area (Å²) in [6, 6.07) is 16.4. The Morgan fingerprint density at radius 3 is 2.50 bits per heavy atom. The maximum atomic E-state index is 12.8. The number of fused-ring (bicyclic) bond motifs is 2. The molecule has 2 fully saturated rings. The minimum Gasteiger partial charge on any atom is -0.457 e. The highest BCUT2D eigenvalue weighted by Crippen LogP contribution is 2.52. The van der Waals surface area contributed by atoms with Gasteiger partial charge in [0.1, 0.15) is 11.5 Å². The Morgan fingerprint density at radius 1 is 1.00 bits per heavy atom. The molecule has 30 heavy (non-hydrogen) atoms. The van der Waals surface area contributed by atoms with E-state index < -0.39 is 5.97 Å². The molecule has 2 atom stereocenters. The van der Waals surface area contributed by atoms with Crippen LogP contribution in [-0.4, -0.2) is 36.0 Å². The summed E-state index contributed by atoms with van der Waals surface area (Å²) in [5.41, 5.74) is 0.766. The van der Waals surface area contributed by atoms with Gasteiger partial charge in [-0.25, -0.2) is 4.79 Å². The van der Waals surface area contributed by atoms with Gasteiger partial charge in [0.2, 0.25) is 0 Å². The van der Waals surface area contributed by atoms with Gasteiger partial charge in [-0.05, 0) is 60.4 Å². The smallest absolute Gasteiger partial charge is 0.338 e. The minimum atomic E-state index is -0.518. The van der Waals surface area contributed by atoms with Crippen LogP contribution in [0.25, 0.3) is 0 Å². The Labute approximate surface area is 178 Å². The highest BCUT2D eigenvalue weighted by atomic mass is 16.5. The van der Waals surface area contributed by atoms with E-state index in [1.807, 2.05) is 35.2 Å². The predicted molar refractivity (Wildman–Crippen MR) is 114 cm³/mol. The fourth-order valence-electron chi connectivity index (χ4n) is 5.36. The molecule has 2 aliphatic rings. The summed E-state index contributed by atoms with van der Waals surface area (Å²) in [5.74, 6) is 0.613. The number of likely N-dealkylation sites (tertiary alicyclic amines) is 1. The highest BCUT2D eigenvalue weighted by molar-refractivity contribution is 5.91. The van der Waals surface area contributed by atoms with E-state index in [0.29, 0.717) is 17.1 Å². The monoisotopic (exact) mass is 407 g/mol. The van der Waals surface area contributed by atoms with Crippen molar-refractivity contribution in [3.8, 4) is 11.5 Å². The molecular formula is C25H29NO4. The third-order valence-electron chi connectivity index (χ3n) is 6.11. The van der Waals surface area contributed by atoms with Crippen LogP contribution in [-0.2, 0) is 9.53 Å². The van der Waals surface area contributed by atoms with Crippen LogP contribution in [0.15, 0.2) is 54.6 Å². The Balaban J connectivity index is 1.36. The summed E-state index contributed by atoms with van der Waals surface area (Å²) < 4.78 is 11.1. The van der Waals surface area contributed by atoms with Gasteiger partial charge in [0, 0.05) is 12.6 Å². The largest absolute Gasteiger partial charge is 0.457 e. The van der Waals surface area contributed by atoms with Gasteiger partial charge in [-0.2, -0.15) is 0 Å². The van der Waals surface area contributed by atoms with Crippen LogP contribution in [0.4, 0.5) is 0 Å². The van der Waals surface area contributed by atoms with Crippen LogP contribution in [0, 0.1) is 10.8 Å². The van der Waals surface area contributed by atoms with Crippen LogP contribution in [0.1, 0.15) is 50.4 Å². The van der Waals surface area contributed by atoms with E-state index in [4.69, 9.17) is 9.47 Å². The molecule has 1 aliphatic carbocycles. The summed E-state index contributed by atoms with van der Waals surface area (Å²) in [5, 5.41) is 0. The molecule has 4 rings (SSSR count). The van der Waals surface area contributed by atoms with Crippen molar-refractivity contribution in [1.29, 1.82) is 0 Å². The van der Waals surface area contributed by atoms with Crippen molar-refractivity contribution in [2.75, 3.05) is 13.2 Å². The maximum absolute atomic E-state index is 12.8. The van der Waals surface area contributed by atoms with Gasteiger partial charge in [0.05, 0.1) is 5.56 Å². The molecule has 1 heterocycles. The number of nitrogens with zero attached hydrogens (tertiary/aromatic N) is 1. The second-order valence-corrected chi connectivity index (χ2v) is 9.75. The van der Waals surface area contributed by atoms with E-state index in [1.54, 1.807) is 24.3 Å². The molecule has 5 heteroatoms. The van der Waals surface area contributed by atoms with Gasteiger partial charge in [-0.3, -0.25) is 4.79 Å². The summed E-state index contributed by atoms with van der Waals surface area (Å²) in [7, 11) is 0. The van der Waals surface area contributed by atoms with Crippen LogP contribution in [0.3, 0.4) is 0 Å². The van der Waals surface area contributed by atoms with Crippen molar-refractivity contribution in [3.05, 3.63) is 60.2 Å². The fraction of sp³-hybridized carbons (Fsp3) is 0.440. The number of esters is 1. The van der Waals surface area contributed by atoms with Crippen molar-refractivity contribution in [1.82, 2.24) is 4.90 Å². The number of hydrogen-bond donors (Lipinski definition) is 0. The predicted octanol–water partition coefficient (Wildman–Crippen LogP) is 5.06. The molecule has 158 valence electrons. The van der Waals surface area contributed by atoms with Gasteiger partial charge in [0.15, 0.2) is 6.61 Å². The molecule has 2 aromatic rings. The highest BCUT2D eigenvalue weighted by Gasteiger charge is 2.50. The number of carbonyl (C=O) groups excluding carboxylic acids is 2. The fourth-order valence-corrected chi connectivity index (χ4v) is 5.36. The van der Waals surface area contributed by atoms with Gasteiger partial charge < -0.3 is 14.4 Å².